The molecule has 4 bridgehead atoms. The van der Waals surface area contributed by atoms with E-state index >= 15 is 0 Å². The number of nitrogens with zero attached hydrogens (tertiary/aromatic N) is 1. The molecule has 0 radical (unpaired) electrons. The first kappa shape index (κ1) is 10.4. The van der Waals surface area contributed by atoms with Crippen LogP contribution in [0.1, 0.15) is 37.0 Å². The Bertz CT molecular complexity index is 398. The van der Waals surface area contributed by atoms with Gasteiger partial charge < -0.3 is 5.73 Å². The maximum Gasteiger partial charge on any atom is 0.180 e. The molecule has 2 N–H and O–H groups in total. The Morgan fingerprint density at radius 3 is 2.29 bits per heavy atom. The zero-order chi connectivity index (χ0) is 11.4. The van der Waals surface area contributed by atoms with Gasteiger partial charge in [0, 0.05) is 11.1 Å². The van der Waals surface area contributed by atoms with Gasteiger partial charge in [0.25, 0.3) is 0 Å². The first-order valence-electron chi connectivity index (χ1n) is 6.98. The quantitative estimate of drug-likeness (QED) is 0.872. The topological polar surface area (TPSA) is 38.9 Å². The molecular formula is C14H20N2S. The van der Waals surface area contributed by atoms with Gasteiger partial charge in [0.2, 0.25) is 0 Å². The Morgan fingerprint density at radius 1 is 1.12 bits per heavy atom. The van der Waals surface area contributed by atoms with Crippen LogP contribution in [0.25, 0.3) is 0 Å². The van der Waals surface area contributed by atoms with Gasteiger partial charge in [-0.25, -0.2) is 4.98 Å². The SMILES string of the molecule is Nc1ncc(CC2C3CC4CC(C3)CC2C4)s1. The molecule has 0 atom stereocenters. The van der Waals surface area contributed by atoms with Crippen molar-refractivity contribution in [3.63, 3.8) is 0 Å². The second-order valence-corrected chi connectivity index (χ2v) is 7.61. The second-order valence-electron chi connectivity index (χ2n) is 6.46. The molecule has 1 aromatic heterocycles. The van der Waals surface area contributed by atoms with E-state index in [1.54, 1.807) is 17.8 Å². The average Bonchev–Trinajstić information content (AvgIpc) is 2.68. The first-order valence-corrected chi connectivity index (χ1v) is 7.79. The predicted molar refractivity (Wildman–Crippen MR) is 70.8 cm³/mol. The highest BCUT2D eigenvalue weighted by Crippen LogP contribution is 2.57. The number of nitrogens with two attached hydrogens (primary N) is 1. The molecule has 0 saturated heterocycles. The molecule has 92 valence electrons. The number of hydrogen-bond donors (Lipinski definition) is 1. The monoisotopic (exact) mass is 248 g/mol. The number of anilines is 1. The van der Waals surface area contributed by atoms with Gasteiger partial charge in [0.1, 0.15) is 0 Å². The second kappa shape index (κ2) is 3.71. The Morgan fingerprint density at radius 2 is 1.76 bits per heavy atom. The molecule has 17 heavy (non-hydrogen) atoms. The molecule has 5 rings (SSSR count). The number of aromatic nitrogens is 1. The Kier molecular flexibility index (Phi) is 2.26. The van der Waals surface area contributed by atoms with Gasteiger partial charge in [0.05, 0.1) is 0 Å². The average molecular weight is 248 g/mol. The third-order valence-corrected chi connectivity index (χ3v) is 6.28. The van der Waals surface area contributed by atoms with Gasteiger partial charge in [-0.2, -0.15) is 0 Å². The van der Waals surface area contributed by atoms with Gasteiger partial charge >= 0.3 is 0 Å². The molecule has 0 aromatic carbocycles. The molecule has 1 aromatic rings. The van der Waals surface area contributed by atoms with E-state index < -0.39 is 0 Å². The molecule has 3 heteroatoms. The fourth-order valence-corrected chi connectivity index (χ4v) is 5.78. The van der Waals surface area contributed by atoms with E-state index in [0.717, 1.165) is 34.7 Å². The summed E-state index contributed by atoms with van der Waals surface area (Å²) in [5.41, 5.74) is 5.74. The van der Waals surface area contributed by atoms with Crippen LogP contribution < -0.4 is 5.73 Å². The zero-order valence-corrected chi connectivity index (χ0v) is 11.0. The van der Waals surface area contributed by atoms with Crippen LogP contribution in [0.2, 0.25) is 0 Å². The van der Waals surface area contributed by atoms with E-state index in [1.807, 2.05) is 6.20 Å². The smallest absolute Gasteiger partial charge is 0.180 e. The molecule has 0 spiro atoms. The minimum absolute atomic E-state index is 0.740. The van der Waals surface area contributed by atoms with Crippen LogP contribution in [0.15, 0.2) is 6.20 Å². The van der Waals surface area contributed by atoms with Crippen LogP contribution in [-0.4, -0.2) is 4.98 Å². The van der Waals surface area contributed by atoms with E-state index in [9.17, 15) is 0 Å². The van der Waals surface area contributed by atoms with Crippen LogP contribution in [-0.2, 0) is 6.42 Å². The summed E-state index contributed by atoms with van der Waals surface area (Å²) in [7, 11) is 0. The maximum absolute atomic E-state index is 5.74. The fraction of sp³-hybridized carbons (Fsp3) is 0.786. The molecule has 4 aliphatic carbocycles. The lowest BCUT2D eigenvalue weighted by atomic mass is 9.51. The molecule has 4 aliphatic rings. The van der Waals surface area contributed by atoms with Gasteiger partial charge in [-0.15, -0.1) is 11.3 Å². The van der Waals surface area contributed by atoms with Crippen molar-refractivity contribution in [3.8, 4) is 0 Å². The summed E-state index contributed by atoms with van der Waals surface area (Å²) in [6, 6.07) is 0. The van der Waals surface area contributed by atoms with Crippen LogP contribution in [0.5, 0.6) is 0 Å². The molecule has 0 amide bonds. The minimum atomic E-state index is 0.740. The highest BCUT2D eigenvalue weighted by molar-refractivity contribution is 7.15. The van der Waals surface area contributed by atoms with Crippen molar-refractivity contribution in [2.45, 2.75) is 38.5 Å². The first-order chi connectivity index (χ1) is 8.28. The summed E-state index contributed by atoms with van der Waals surface area (Å²) < 4.78 is 0. The number of rotatable bonds is 2. The predicted octanol–water partition coefficient (Wildman–Crippen LogP) is 3.34. The summed E-state index contributed by atoms with van der Waals surface area (Å²) in [6.45, 7) is 0. The largest absolute Gasteiger partial charge is 0.375 e. The third kappa shape index (κ3) is 1.70. The van der Waals surface area contributed by atoms with Crippen molar-refractivity contribution in [1.29, 1.82) is 0 Å². The van der Waals surface area contributed by atoms with Crippen molar-refractivity contribution in [2.75, 3.05) is 5.73 Å². The fourth-order valence-electron chi connectivity index (χ4n) is 5.02. The van der Waals surface area contributed by atoms with E-state index in [-0.39, 0.29) is 0 Å². The van der Waals surface area contributed by atoms with E-state index in [2.05, 4.69) is 4.98 Å². The Labute approximate surface area is 107 Å². The van der Waals surface area contributed by atoms with E-state index in [4.69, 9.17) is 5.73 Å². The van der Waals surface area contributed by atoms with Crippen LogP contribution >= 0.6 is 11.3 Å². The van der Waals surface area contributed by atoms with Gasteiger partial charge in [0.15, 0.2) is 5.13 Å². The molecule has 2 nitrogen and oxygen atoms in total. The van der Waals surface area contributed by atoms with Crippen molar-refractivity contribution in [3.05, 3.63) is 11.1 Å². The van der Waals surface area contributed by atoms with Crippen molar-refractivity contribution in [1.82, 2.24) is 4.98 Å². The van der Waals surface area contributed by atoms with Crippen molar-refractivity contribution < 1.29 is 0 Å². The van der Waals surface area contributed by atoms with Crippen molar-refractivity contribution in [2.24, 2.45) is 29.6 Å². The van der Waals surface area contributed by atoms with Gasteiger partial charge in [-0.3, -0.25) is 0 Å². The summed E-state index contributed by atoms with van der Waals surface area (Å²) in [4.78, 5) is 5.61. The standard InChI is InChI=1S/C14H20N2S/c15-14-16-7-12(17-14)6-13-10-2-8-1-9(4-10)5-11(13)3-8/h7-11,13H,1-6H2,(H2,15,16). The van der Waals surface area contributed by atoms with Crippen LogP contribution in [0.4, 0.5) is 5.13 Å². The molecule has 0 aliphatic heterocycles. The summed E-state index contributed by atoms with van der Waals surface area (Å²) in [5, 5.41) is 0.740. The lowest BCUT2D eigenvalue weighted by molar-refractivity contribution is -0.0357. The lowest BCUT2D eigenvalue weighted by Crippen LogP contribution is -2.45. The summed E-state index contributed by atoms with van der Waals surface area (Å²) >= 11 is 1.70. The number of thiazole rings is 1. The van der Waals surface area contributed by atoms with Gasteiger partial charge in [-0.1, -0.05) is 0 Å². The Hall–Kier alpha value is -0.570. The highest BCUT2D eigenvalue weighted by Gasteiger charge is 2.47. The normalized spacial score (nSPS) is 43.2. The van der Waals surface area contributed by atoms with Gasteiger partial charge in [-0.05, 0) is 68.1 Å². The zero-order valence-electron chi connectivity index (χ0n) is 10.1. The van der Waals surface area contributed by atoms with Crippen LogP contribution in [0, 0.1) is 29.6 Å². The summed E-state index contributed by atoms with van der Waals surface area (Å²) in [6.07, 6.45) is 10.9. The Balaban J connectivity index is 1.54. The highest BCUT2D eigenvalue weighted by atomic mass is 32.1. The summed E-state index contributed by atoms with van der Waals surface area (Å²) in [5.74, 6) is 5.16. The molecule has 4 saturated carbocycles. The third-order valence-electron chi connectivity index (χ3n) is 5.43. The van der Waals surface area contributed by atoms with Crippen LogP contribution in [0.3, 0.4) is 0 Å². The van der Waals surface area contributed by atoms with E-state index in [1.165, 1.54) is 37.0 Å². The van der Waals surface area contributed by atoms with Crippen molar-refractivity contribution >= 4 is 16.5 Å². The lowest BCUT2D eigenvalue weighted by Gasteiger charge is -2.54. The number of hydrogen-bond acceptors (Lipinski definition) is 3. The molecule has 0 unspecified atom stereocenters. The molecule has 1 heterocycles. The molecule has 4 fully saturated rings. The molecular weight excluding hydrogens is 228 g/mol. The number of nitrogen functional groups attached to an aromatic ring is 1. The van der Waals surface area contributed by atoms with E-state index in [0.29, 0.717) is 0 Å². The maximum atomic E-state index is 5.74. The minimum Gasteiger partial charge on any atom is -0.375 e.